The summed E-state index contributed by atoms with van der Waals surface area (Å²) in [6.45, 7) is 3.31. The standard InChI is InChI=1S/C12H17BrClN3/c1-8-4-2-3-5-9(8)6-15-11-10(13)7-16-12(14)17-11/h7-9H,2-6H2,1H3,(H,15,16,17). The molecule has 2 unspecified atom stereocenters. The number of nitrogens with zero attached hydrogens (tertiary/aromatic N) is 2. The maximum absolute atomic E-state index is 5.78. The van der Waals surface area contributed by atoms with Crippen LogP contribution < -0.4 is 5.32 Å². The average Bonchev–Trinajstić information content (AvgIpc) is 2.32. The number of nitrogens with one attached hydrogen (secondary N) is 1. The van der Waals surface area contributed by atoms with E-state index in [9.17, 15) is 0 Å². The van der Waals surface area contributed by atoms with E-state index in [0.717, 1.165) is 28.7 Å². The fourth-order valence-corrected chi connectivity index (χ4v) is 2.86. The molecule has 1 heterocycles. The minimum atomic E-state index is 0.285. The number of anilines is 1. The summed E-state index contributed by atoms with van der Waals surface area (Å²) in [5.74, 6) is 2.33. The Morgan fingerprint density at radius 1 is 1.47 bits per heavy atom. The van der Waals surface area contributed by atoms with Gasteiger partial charge in [-0.05, 0) is 45.8 Å². The minimum Gasteiger partial charge on any atom is -0.369 e. The average molecular weight is 319 g/mol. The summed E-state index contributed by atoms with van der Waals surface area (Å²) < 4.78 is 0.866. The van der Waals surface area contributed by atoms with Crippen molar-refractivity contribution in [3.05, 3.63) is 16.0 Å². The fraction of sp³-hybridized carbons (Fsp3) is 0.667. The van der Waals surface area contributed by atoms with Crippen LogP contribution in [0.3, 0.4) is 0 Å². The largest absolute Gasteiger partial charge is 0.369 e. The van der Waals surface area contributed by atoms with E-state index < -0.39 is 0 Å². The molecule has 0 amide bonds. The van der Waals surface area contributed by atoms with Crippen LogP contribution in [0.25, 0.3) is 0 Å². The molecule has 0 radical (unpaired) electrons. The second-order valence-corrected chi connectivity index (χ2v) is 5.93. The zero-order valence-corrected chi connectivity index (χ0v) is 12.3. The zero-order chi connectivity index (χ0) is 12.3. The van der Waals surface area contributed by atoms with Crippen molar-refractivity contribution in [1.29, 1.82) is 0 Å². The molecule has 0 saturated heterocycles. The Morgan fingerprint density at radius 2 is 2.24 bits per heavy atom. The Morgan fingerprint density at radius 3 is 3.00 bits per heavy atom. The molecule has 5 heteroatoms. The number of hydrogen-bond donors (Lipinski definition) is 1. The first-order chi connectivity index (χ1) is 8.16. The lowest BCUT2D eigenvalue weighted by Crippen LogP contribution is -2.24. The van der Waals surface area contributed by atoms with Crippen molar-refractivity contribution >= 4 is 33.3 Å². The van der Waals surface area contributed by atoms with Gasteiger partial charge in [0.15, 0.2) is 0 Å². The highest BCUT2D eigenvalue weighted by Gasteiger charge is 2.21. The van der Waals surface area contributed by atoms with Crippen molar-refractivity contribution < 1.29 is 0 Å². The van der Waals surface area contributed by atoms with Gasteiger partial charge in [-0.1, -0.05) is 26.2 Å². The van der Waals surface area contributed by atoms with E-state index in [1.165, 1.54) is 25.7 Å². The first kappa shape index (κ1) is 13.1. The van der Waals surface area contributed by atoms with Gasteiger partial charge in [0.1, 0.15) is 5.82 Å². The van der Waals surface area contributed by atoms with Gasteiger partial charge in [0.05, 0.1) is 4.47 Å². The van der Waals surface area contributed by atoms with Gasteiger partial charge in [-0.25, -0.2) is 4.98 Å². The molecule has 2 atom stereocenters. The maximum atomic E-state index is 5.78. The van der Waals surface area contributed by atoms with Crippen LogP contribution >= 0.6 is 27.5 Å². The second kappa shape index (κ2) is 6.01. The molecule has 1 saturated carbocycles. The lowest BCUT2D eigenvalue weighted by molar-refractivity contribution is 0.268. The number of hydrogen-bond acceptors (Lipinski definition) is 3. The maximum Gasteiger partial charge on any atom is 0.224 e. The van der Waals surface area contributed by atoms with Crippen molar-refractivity contribution in [3.8, 4) is 0 Å². The van der Waals surface area contributed by atoms with Crippen molar-refractivity contribution in [2.24, 2.45) is 11.8 Å². The van der Waals surface area contributed by atoms with Crippen LogP contribution in [0.4, 0.5) is 5.82 Å². The number of aromatic nitrogens is 2. The van der Waals surface area contributed by atoms with E-state index in [2.05, 4.69) is 38.1 Å². The van der Waals surface area contributed by atoms with Gasteiger partial charge in [-0.3, -0.25) is 0 Å². The molecule has 3 nitrogen and oxygen atoms in total. The molecule has 2 rings (SSSR count). The predicted molar refractivity (Wildman–Crippen MR) is 74.4 cm³/mol. The molecule has 1 aromatic rings. The summed E-state index contributed by atoms with van der Waals surface area (Å²) in [4.78, 5) is 8.10. The monoisotopic (exact) mass is 317 g/mol. The zero-order valence-electron chi connectivity index (χ0n) is 9.92. The highest BCUT2D eigenvalue weighted by atomic mass is 79.9. The predicted octanol–water partition coefficient (Wildman–Crippen LogP) is 4.13. The molecule has 0 bridgehead atoms. The van der Waals surface area contributed by atoms with Crippen molar-refractivity contribution in [2.45, 2.75) is 32.6 Å². The molecule has 94 valence electrons. The van der Waals surface area contributed by atoms with E-state index in [0.29, 0.717) is 0 Å². The van der Waals surface area contributed by atoms with E-state index in [1.54, 1.807) is 6.20 Å². The lowest BCUT2D eigenvalue weighted by atomic mass is 9.80. The molecule has 1 aliphatic rings. The number of halogens is 2. The molecule has 0 aromatic carbocycles. The van der Waals surface area contributed by atoms with Crippen molar-refractivity contribution in [1.82, 2.24) is 9.97 Å². The summed E-state index contributed by atoms with van der Waals surface area (Å²) in [6.07, 6.45) is 7.06. The van der Waals surface area contributed by atoms with Crippen LogP contribution in [0.15, 0.2) is 10.7 Å². The first-order valence-corrected chi connectivity index (χ1v) is 7.26. The van der Waals surface area contributed by atoms with Gasteiger partial charge in [0.2, 0.25) is 5.28 Å². The molecule has 1 fully saturated rings. The SMILES string of the molecule is CC1CCCCC1CNc1nc(Cl)ncc1Br. The number of rotatable bonds is 3. The minimum absolute atomic E-state index is 0.285. The molecule has 1 aliphatic carbocycles. The molecule has 17 heavy (non-hydrogen) atoms. The normalized spacial score (nSPS) is 24.6. The summed E-state index contributed by atoms with van der Waals surface area (Å²) in [5.41, 5.74) is 0. The molecule has 1 aromatic heterocycles. The van der Waals surface area contributed by atoms with Crippen LogP contribution in [0, 0.1) is 11.8 Å². The van der Waals surface area contributed by atoms with Gasteiger partial charge in [-0.2, -0.15) is 4.98 Å². The van der Waals surface area contributed by atoms with Crippen LogP contribution in [-0.4, -0.2) is 16.5 Å². The van der Waals surface area contributed by atoms with Gasteiger partial charge in [0, 0.05) is 12.7 Å². The molecule has 0 spiro atoms. The Kier molecular flexibility index (Phi) is 4.62. The third-order valence-corrected chi connectivity index (χ3v) is 4.30. The Labute approximate surface area is 116 Å². The first-order valence-electron chi connectivity index (χ1n) is 6.08. The lowest BCUT2D eigenvalue weighted by Gasteiger charge is -2.29. The third-order valence-electron chi connectivity index (χ3n) is 3.54. The van der Waals surface area contributed by atoms with Gasteiger partial charge >= 0.3 is 0 Å². The molecular weight excluding hydrogens is 302 g/mol. The van der Waals surface area contributed by atoms with Crippen LogP contribution in [0.2, 0.25) is 5.28 Å². The smallest absolute Gasteiger partial charge is 0.224 e. The van der Waals surface area contributed by atoms with Gasteiger partial charge in [0.25, 0.3) is 0 Å². The van der Waals surface area contributed by atoms with E-state index >= 15 is 0 Å². The molecule has 1 N–H and O–H groups in total. The van der Waals surface area contributed by atoms with Crippen LogP contribution in [0.1, 0.15) is 32.6 Å². The molecule has 0 aliphatic heterocycles. The van der Waals surface area contributed by atoms with Crippen LogP contribution in [-0.2, 0) is 0 Å². The quantitative estimate of drug-likeness (QED) is 0.852. The van der Waals surface area contributed by atoms with E-state index in [4.69, 9.17) is 11.6 Å². The molecular formula is C12H17BrClN3. The fourth-order valence-electron chi connectivity index (χ4n) is 2.39. The Bertz CT molecular complexity index is 386. The van der Waals surface area contributed by atoms with Gasteiger partial charge < -0.3 is 5.32 Å². The van der Waals surface area contributed by atoms with Crippen molar-refractivity contribution in [2.75, 3.05) is 11.9 Å². The third kappa shape index (κ3) is 3.55. The summed E-state index contributed by atoms with van der Waals surface area (Å²) in [7, 11) is 0. The van der Waals surface area contributed by atoms with E-state index in [1.807, 2.05) is 0 Å². The Hall–Kier alpha value is -0.350. The van der Waals surface area contributed by atoms with Crippen LogP contribution in [0.5, 0.6) is 0 Å². The van der Waals surface area contributed by atoms with Crippen molar-refractivity contribution in [3.63, 3.8) is 0 Å². The highest BCUT2D eigenvalue weighted by molar-refractivity contribution is 9.10. The Balaban J connectivity index is 1.94. The summed E-state index contributed by atoms with van der Waals surface area (Å²) >= 11 is 9.21. The summed E-state index contributed by atoms with van der Waals surface area (Å²) in [5, 5.41) is 3.66. The second-order valence-electron chi connectivity index (χ2n) is 4.74. The summed E-state index contributed by atoms with van der Waals surface area (Å²) in [6, 6.07) is 0. The van der Waals surface area contributed by atoms with Gasteiger partial charge in [-0.15, -0.1) is 0 Å². The highest BCUT2D eigenvalue weighted by Crippen LogP contribution is 2.30. The topological polar surface area (TPSA) is 37.8 Å². The van der Waals surface area contributed by atoms with E-state index in [-0.39, 0.29) is 5.28 Å².